The van der Waals surface area contributed by atoms with Gasteiger partial charge < -0.3 is 10.6 Å². The molecule has 0 atom stereocenters. The SMILES string of the molecule is CC#CCCNC(=O)c1ccccc1NC(C)C. The normalized spacial score (nSPS) is 9.56. The van der Waals surface area contributed by atoms with E-state index < -0.39 is 0 Å². The zero-order chi connectivity index (χ0) is 13.4. The first-order valence-corrected chi connectivity index (χ1v) is 6.18. The van der Waals surface area contributed by atoms with Gasteiger partial charge in [0.15, 0.2) is 0 Å². The highest BCUT2D eigenvalue weighted by Crippen LogP contribution is 2.15. The Kier molecular flexibility index (Phi) is 5.79. The van der Waals surface area contributed by atoms with Crippen LogP contribution in [0.25, 0.3) is 0 Å². The van der Waals surface area contributed by atoms with Crippen molar-refractivity contribution in [3.05, 3.63) is 29.8 Å². The number of rotatable bonds is 5. The molecule has 18 heavy (non-hydrogen) atoms. The maximum Gasteiger partial charge on any atom is 0.253 e. The molecule has 2 N–H and O–H groups in total. The third kappa shape index (κ3) is 4.50. The number of para-hydroxylation sites is 1. The number of benzene rings is 1. The summed E-state index contributed by atoms with van der Waals surface area (Å²) < 4.78 is 0. The van der Waals surface area contributed by atoms with Crippen LogP contribution in [0.15, 0.2) is 24.3 Å². The molecule has 1 aromatic rings. The van der Waals surface area contributed by atoms with Crippen molar-refractivity contribution in [2.75, 3.05) is 11.9 Å². The van der Waals surface area contributed by atoms with E-state index in [0.29, 0.717) is 24.6 Å². The zero-order valence-corrected chi connectivity index (χ0v) is 11.2. The van der Waals surface area contributed by atoms with Crippen LogP contribution < -0.4 is 10.6 Å². The molecule has 3 heteroatoms. The molecule has 1 rings (SSSR count). The summed E-state index contributed by atoms with van der Waals surface area (Å²) in [5, 5.41) is 6.13. The van der Waals surface area contributed by atoms with Crippen LogP contribution in [-0.2, 0) is 0 Å². The predicted molar refractivity (Wildman–Crippen MR) is 75.6 cm³/mol. The summed E-state index contributed by atoms with van der Waals surface area (Å²) in [5.74, 6) is 5.67. The minimum Gasteiger partial charge on any atom is -0.382 e. The van der Waals surface area contributed by atoms with Gasteiger partial charge in [0.1, 0.15) is 0 Å². The second-order valence-corrected chi connectivity index (χ2v) is 4.28. The van der Waals surface area contributed by atoms with E-state index in [4.69, 9.17) is 0 Å². The second-order valence-electron chi connectivity index (χ2n) is 4.28. The summed E-state index contributed by atoms with van der Waals surface area (Å²) in [5.41, 5.74) is 1.54. The summed E-state index contributed by atoms with van der Waals surface area (Å²) >= 11 is 0. The Balaban J connectivity index is 2.68. The van der Waals surface area contributed by atoms with Crippen LogP contribution in [0, 0.1) is 11.8 Å². The van der Waals surface area contributed by atoms with Crippen LogP contribution in [-0.4, -0.2) is 18.5 Å². The van der Waals surface area contributed by atoms with Crippen LogP contribution >= 0.6 is 0 Å². The molecule has 1 aromatic carbocycles. The zero-order valence-electron chi connectivity index (χ0n) is 11.2. The summed E-state index contributed by atoms with van der Waals surface area (Å²) in [4.78, 5) is 12.0. The van der Waals surface area contributed by atoms with Gasteiger partial charge in [-0.3, -0.25) is 4.79 Å². The summed E-state index contributed by atoms with van der Waals surface area (Å²) in [6, 6.07) is 7.83. The quantitative estimate of drug-likeness (QED) is 0.617. The standard InChI is InChI=1S/C15H20N2O/c1-4-5-8-11-16-15(18)13-9-6-7-10-14(13)17-12(2)3/h6-7,9-10,12,17H,8,11H2,1-3H3,(H,16,18). The fraction of sp³-hybridized carbons (Fsp3) is 0.400. The number of amides is 1. The molecule has 0 bridgehead atoms. The Hall–Kier alpha value is -1.95. The highest BCUT2D eigenvalue weighted by atomic mass is 16.1. The monoisotopic (exact) mass is 244 g/mol. The predicted octanol–water partition coefficient (Wildman–Crippen LogP) is 2.65. The lowest BCUT2D eigenvalue weighted by atomic mass is 10.1. The van der Waals surface area contributed by atoms with Gasteiger partial charge in [-0.25, -0.2) is 0 Å². The fourth-order valence-electron chi connectivity index (χ4n) is 1.58. The van der Waals surface area contributed by atoms with Gasteiger partial charge in [0.25, 0.3) is 5.91 Å². The minimum atomic E-state index is -0.0587. The molecule has 0 aliphatic heterocycles. The van der Waals surface area contributed by atoms with E-state index in [-0.39, 0.29) is 5.91 Å². The smallest absolute Gasteiger partial charge is 0.253 e. The van der Waals surface area contributed by atoms with Gasteiger partial charge in [0.05, 0.1) is 5.56 Å². The number of hydrogen-bond donors (Lipinski definition) is 2. The highest BCUT2D eigenvalue weighted by Gasteiger charge is 2.10. The van der Waals surface area contributed by atoms with Gasteiger partial charge >= 0.3 is 0 Å². The lowest BCUT2D eigenvalue weighted by Crippen LogP contribution is -2.25. The van der Waals surface area contributed by atoms with Crippen LogP contribution in [0.3, 0.4) is 0 Å². The van der Waals surface area contributed by atoms with Crippen LogP contribution in [0.1, 0.15) is 37.6 Å². The Morgan fingerprint density at radius 2 is 2.06 bits per heavy atom. The lowest BCUT2D eigenvalue weighted by molar-refractivity contribution is 0.0955. The first-order valence-electron chi connectivity index (χ1n) is 6.18. The molecule has 1 amide bonds. The van der Waals surface area contributed by atoms with E-state index >= 15 is 0 Å². The Morgan fingerprint density at radius 3 is 2.72 bits per heavy atom. The molecule has 0 aliphatic carbocycles. The molecule has 0 aromatic heterocycles. The minimum absolute atomic E-state index is 0.0587. The maximum atomic E-state index is 12.0. The van der Waals surface area contributed by atoms with Gasteiger partial charge in [-0.05, 0) is 32.9 Å². The lowest BCUT2D eigenvalue weighted by Gasteiger charge is -2.14. The Labute approximate surface area is 109 Å². The molecule has 0 saturated heterocycles. The van der Waals surface area contributed by atoms with E-state index in [2.05, 4.69) is 22.5 Å². The molecule has 0 aliphatic rings. The largest absolute Gasteiger partial charge is 0.382 e. The maximum absolute atomic E-state index is 12.0. The molecule has 96 valence electrons. The van der Waals surface area contributed by atoms with Crippen molar-refractivity contribution in [1.29, 1.82) is 0 Å². The van der Waals surface area contributed by atoms with E-state index in [1.807, 2.05) is 38.1 Å². The molecule has 0 heterocycles. The molecule has 0 fully saturated rings. The molecule has 0 unspecified atom stereocenters. The molecule has 3 nitrogen and oxygen atoms in total. The highest BCUT2D eigenvalue weighted by molar-refractivity contribution is 5.99. The van der Waals surface area contributed by atoms with E-state index in [0.717, 1.165) is 5.69 Å². The topological polar surface area (TPSA) is 41.1 Å². The van der Waals surface area contributed by atoms with Gasteiger partial charge in [0.2, 0.25) is 0 Å². The number of carbonyl (C=O) groups is 1. The average molecular weight is 244 g/mol. The first-order chi connectivity index (χ1) is 8.65. The van der Waals surface area contributed by atoms with Crippen molar-refractivity contribution in [3.8, 4) is 11.8 Å². The van der Waals surface area contributed by atoms with E-state index in [1.165, 1.54) is 0 Å². The summed E-state index contributed by atoms with van der Waals surface area (Å²) in [6.45, 7) is 6.47. The van der Waals surface area contributed by atoms with Crippen molar-refractivity contribution < 1.29 is 4.79 Å². The van der Waals surface area contributed by atoms with Gasteiger partial charge in [0, 0.05) is 24.7 Å². The molecule has 0 saturated carbocycles. The first kappa shape index (κ1) is 14.1. The summed E-state index contributed by atoms with van der Waals surface area (Å²) in [6.07, 6.45) is 0.683. The van der Waals surface area contributed by atoms with Crippen molar-refractivity contribution in [3.63, 3.8) is 0 Å². The van der Waals surface area contributed by atoms with Crippen molar-refractivity contribution in [1.82, 2.24) is 5.32 Å². The van der Waals surface area contributed by atoms with Crippen molar-refractivity contribution >= 4 is 11.6 Å². The number of nitrogens with one attached hydrogen (secondary N) is 2. The van der Waals surface area contributed by atoms with Crippen molar-refractivity contribution in [2.24, 2.45) is 0 Å². The Morgan fingerprint density at radius 1 is 1.33 bits per heavy atom. The van der Waals surface area contributed by atoms with Crippen LogP contribution in [0.4, 0.5) is 5.69 Å². The number of carbonyl (C=O) groups excluding carboxylic acids is 1. The van der Waals surface area contributed by atoms with Crippen molar-refractivity contribution in [2.45, 2.75) is 33.2 Å². The van der Waals surface area contributed by atoms with Gasteiger partial charge in [-0.15, -0.1) is 11.8 Å². The fourth-order valence-corrected chi connectivity index (χ4v) is 1.58. The molecular weight excluding hydrogens is 224 g/mol. The van der Waals surface area contributed by atoms with Gasteiger partial charge in [-0.2, -0.15) is 0 Å². The average Bonchev–Trinajstić information content (AvgIpc) is 2.34. The number of anilines is 1. The van der Waals surface area contributed by atoms with Gasteiger partial charge in [-0.1, -0.05) is 12.1 Å². The molecule has 0 radical (unpaired) electrons. The van der Waals surface area contributed by atoms with Crippen LogP contribution in [0.2, 0.25) is 0 Å². The second kappa shape index (κ2) is 7.39. The molecular formula is C15H20N2O. The van der Waals surface area contributed by atoms with E-state index in [9.17, 15) is 4.79 Å². The van der Waals surface area contributed by atoms with Crippen LogP contribution in [0.5, 0.6) is 0 Å². The third-order valence-electron chi connectivity index (χ3n) is 2.33. The van der Waals surface area contributed by atoms with E-state index in [1.54, 1.807) is 6.92 Å². The summed E-state index contributed by atoms with van der Waals surface area (Å²) in [7, 11) is 0. The molecule has 0 spiro atoms. The third-order valence-corrected chi connectivity index (χ3v) is 2.33. The Bertz CT molecular complexity index is 455. The number of hydrogen-bond acceptors (Lipinski definition) is 2.